The largest absolute Gasteiger partial charge is 0.415 e. The van der Waals surface area contributed by atoms with Crippen molar-refractivity contribution in [3.63, 3.8) is 0 Å². The van der Waals surface area contributed by atoms with Gasteiger partial charge in [0.25, 0.3) is 0 Å². The Morgan fingerprint density at radius 1 is 0.844 bits per heavy atom. The Kier molecular flexibility index (Phi) is 4.73. The third-order valence-corrected chi connectivity index (χ3v) is 7.32. The van der Waals surface area contributed by atoms with Gasteiger partial charge < -0.3 is 19.3 Å². The summed E-state index contributed by atoms with van der Waals surface area (Å²) in [6.07, 6.45) is 1.22. The van der Waals surface area contributed by atoms with Crippen LogP contribution in [0.15, 0.2) is 48.5 Å². The maximum absolute atomic E-state index is 14.2. The van der Waals surface area contributed by atoms with Gasteiger partial charge in [0.2, 0.25) is 0 Å². The van der Waals surface area contributed by atoms with E-state index in [1.807, 2.05) is 43.3 Å². The van der Waals surface area contributed by atoms with Crippen molar-refractivity contribution >= 4 is 18.0 Å². The summed E-state index contributed by atoms with van der Waals surface area (Å²) in [6.45, 7) is 1.95. The molecule has 1 saturated carbocycles. The molecule has 32 heavy (non-hydrogen) atoms. The minimum atomic E-state index is -0.815. The number of rotatable bonds is 2. The standard InChI is InChI=1S/C25H26N2O5/c1-25(21-16-10-5-7-13-19(16)32-24(30)27(21)3)14-8-11-17(22(25)28)20-15-9-4-6-12-18(15)31-23(29)26(20)2/h4-7,9-10,12-13,17,20-21H,8,11,14H2,1-3H3/t17?,20?,21?,25-/m0/s1. The van der Waals surface area contributed by atoms with Gasteiger partial charge in [0.1, 0.15) is 17.3 Å². The summed E-state index contributed by atoms with van der Waals surface area (Å²) in [6, 6.07) is 14.0. The molecule has 3 unspecified atom stereocenters. The number of ketones is 1. The van der Waals surface area contributed by atoms with Crippen molar-refractivity contribution in [2.24, 2.45) is 11.3 Å². The summed E-state index contributed by atoms with van der Waals surface area (Å²) in [5, 5.41) is 0. The molecule has 0 spiro atoms. The SMILES string of the molecule is CN1C(=O)Oc2ccccc2C1C1CCC[C@@](C)(C2c3ccccc3OC(=O)N2C)C1=O. The number of amides is 2. The molecule has 2 heterocycles. The number of fused-ring (bicyclic) bond motifs is 2. The zero-order valence-electron chi connectivity index (χ0n) is 18.4. The highest BCUT2D eigenvalue weighted by Crippen LogP contribution is 2.54. The van der Waals surface area contributed by atoms with Crippen LogP contribution in [0.1, 0.15) is 49.4 Å². The Morgan fingerprint density at radius 2 is 1.41 bits per heavy atom. The average Bonchev–Trinajstić information content (AvgIpc) is 2.78. The van der Waals surface area contributed by atoms with E-state index in [0.29, 0.717) is 24.3 Å². The molecule has 5 rings (SSSR count). The first-order chi connectivity index (χ1) is 15.3. The zero-order valence-corrected chi connectivity index (χ0v) is 18.4. The van der Waals surface area contributed by atoms with Gasteiger partial charge in [-0.05, 0) is 25.0 Å². The topological polar surface area (TPSA) is 76.2 Å². The van der Waals surface area contributed by atoms with Gasteiger partial charge in [-0.15, -0.1) is 0 Å². The first kappa shape index (κ1) is 20.5. The van der Waals surface area contributed by atoms with E-state index in [1.165, 1.54) is 9.80 Å². The minimum Gasteiger partial charge on any atom is -0.410 e. The summed E-state index contributed by atoms with van der Waals surface area (Å²) in [4.78, 5) is 42.5. The lowest BCUT2D eigenvalue weighted by molar-refractivity contribution is -0.142. The fraction of sp³-hybridized carbons (Fsp3) is 0.400. The van der Waals surface area contributed by atoms with Crippen molar-refractivity contribution in [2.45, 2.75) is 38.3 Å². The van der Waals surface area contributed by atoms with E-state index in [0.717, 1.165) is 17.5 Å². The van der Waals surface area contributed by atoms with Crippen LogP contribution in [-0.4, -0.2) is 41.9 Å². The third kappa shape index (κ3) is 2.91. The predicted molar refractivity (Wildman–Crippen MR) is 116 cm³/mol. The molecule has 0 bridgehead atoms. The molecule has 1 aliphatic carbocycles. The van der Waals surface area contributed by atoms with E-state index in [2.05, 4.69) is 0 Å². The third-order valence-electron chi connectivity index (χ3n) is 7.32. The van der Waals surface area contributed by atoms with Crippen LogP contribution in [0.25, 0.3) is 0 Å². The van der Waals surface area contributed by atoms with Crippen molar-refractivity contribution in [1.29, 1.82) is 0 Å². The molecule has 0 aromatic heterocycles. The number of hydrogen-bond donors (Lipinski definition) is 0. The van der Waals surface area contributed by atoms with Crippen LogP contribution in [0.3, 0.4) is 0 Å². The normalized spacial score (nSPS) is 29.7. The number of para-hydroxylation sites is 2. The molecule has 0 saturated heterocycles. The Labute approximate surface area is 186 Å². The van der Waals surface area contributed by atoms with Crippen molar-refractivity contribution in [2.75, 3.05) is 14.1 Å². The van der Waals surface area contributed by atoms with Gasteiger partial charge in [-0.3, -0.25) is 4.79 Å². The van der Waals surface area contributed by atoms with E-state index in [-0.39, 0.29) is 5.78 Å². The molecular weight excluding hydrogens is 408 g/mol. The molecule has 2 aliphatic heterocycles. The Hall–Kier alpha value is -3.35. The lowest BCUT2D eigenvalue weighted by Crippen LogP contribution is -2.54. The molecule has 0 radical (unpaired) electrons. The van der Waals surface area contributed by atoms with Crippen LogP contribution in [0, 0.1) is 11.3 Å². The second kappa shape index (κ2) is 7.36. The van der Waals surface area contributed by atoms with Crippen LogP contribution in [-0.2, 0) is 4.79 Å². The summed E-state index contributed by atoms with van der Waals surface area (Å²) in [5.41, 5.74) is 0.863. The quantitative estimate of drug-likeness (QED) is 0.683. The fourth-order valence-electron chi connectivity index (χ4n) is 5.78. The van der Waals surface area contributed by atoms with Crippen LogP contribution in [0.4, 0.5) is 9.59 Å². The molecule has 166 valence electrons. The van der Waals surface area contributed by atoms with Crippen molar-refractivity contribution in [3.05, 3.63) is 59.7 Å². The van der Waals surface area contributed by atoms with Crippen LogP contribution >= 0.6 is 0 Å². The van der Waals surface area contributed by atoms with Crippen molar-refractivity contribution in [1.82, 2.24) is 9.80 Å². The Morgan fingerprint density at radius 3 is 2.09 bits per heavy atom. The van der Waals surface area contributed by atoms with Gasteiger partial charge in [0, 0.05) is 31.1 Å². The summed E-state index contributed by atoms with van der Waals surface area (Å²) in [7, 11) is 3.37. The first-order valence-electron chi connectivity index (χ1n) is 10.9. The van der Waals surface area contributed by atoms with E-state index in [4.69, 9.17) is 9.47 Å². The number of Topliss-reactive ketones (excluding diaryl/α,β-unsaturated/α-hetero) is 1. The smallest absolute Gasteiger partial charge is 0.410 e. The molecule has 4 atom stereocenters. The molecule has 3 aliphatic rings. The maximum Gasteiger partial charge on any atom is 0.415 e. The second-order valence-corrected chi connectivity index (χ2v) is 9.16. The summed E-state index contributed by atoms with van der Waals surface area (Å²) < 4.78 is 10.9. The highest BCUT2D eigenvalue weighted by Gasteiger charge is 2.55. The van der Waals surface area contributed by atoms with E-state index < -0.39 is 35.6 Å². The van der Waals surface area contributed by atoms with Gasteiger partial charge in [-0.1, -0.05) is 49.7 Å². The van der Waals surface area contributed by atoms with Gasteiger partial charge in [-0.25, -0.2) is 9.59 Å². The number of carbonyl (C=O) groups excluding carboxylic acids is 3. The minimum absolute atomic E-state index is 0.0615. The monoisotopic (exact) mass is 434 g/mol. The number of benzene rings is 2. The highest BCUT2D eigenvalue weighted by atomic mass is 16.6. The van der Waals surface area contributed by atoms with E-state index in [9.17, 15) is 14.4 Å². The molecule has 7 heteroatoms. The number of ether oxygens (including phenoxy) is 2. The number of carbonyl (C=O) groups is 3. The number of hydrogen-bond acceptors (Lipinski definition) is 5. The molecule has 2 aromatic carbocycles. The van der Waals surface area contributed by atoms with E-state index in [1.54, 1.807) is 26.2 Å². The predicted octanol–water partition coefficient (Wildman–Crippen LogP) is 4.73. The van der Waals surface area contributed by atoms with Crippen LogP contribution < -0.4 is 9.47 Å². The molecular formula is C25H26N2O5. The van der Waals surface area contributed by atoms with Crippen LogP contribution in [0.2, 0.25) is 0 Å². The lowest BCUT2D eigenvalue weighted by atomic mass is 9.61. The van der Waals surface area contributed by atoms with Gasteiger partial charge in [0.05, 0.1) is 17.5 Å². The van der Waals surface area contributed by atoms with Gasteiger partial charge in [0.15, 0.2) is 0 Å². The lowest BCUT2D eigenvalue weighted by Gasteiger charge is -2.49. The number of nitrogens with zero attached hydrogens (tertiary/aromatic N) is 2. The molecule has 2 aromatic rings. The van der Waals surface area contributed by atoms with Crippen LogP contribution in [0.5, 0.6) is 11.5 Å². The van der Waals surface area contributed by atoms with E-state index >= 15 is 0 Å². The Bertz CT molecular complexity index is 1120. The average molecular weight is 434 g/mol. The Balaban J connectivity index is 1.58. The van der Waals surface area contributed by atoms with Crippen molar-refractivity contribution < 1.29 is 23.9 Å². The maximum atomic E-state index is 14.2. The second-order valence-electron chi connectivity index (χ2n) is 9.16. The van der Waals surface area contributed by atoms with Crippen molar-refractivity contribution in [3.8, 4) is 11.5 Å². The van der Waals surface area contributed by atoms with Gasteiger partial charge in [-0.2, -0.15) is 0 Å². The summed E-state index contributed by atoms with van der Waals surface area (Å²) >= 11 is 0. The fourth-order valence-corrected chi connectivity index (χ4v) is 5.78. The molecule has 2 amide bonds. The zero-order chi connectivity index (χ0) is 22.6. The molecule has 1 fully saturated rings. The highest BCUT2D eigenvalue weighted by molar-refractivity contribution is 5.91. The molecule has 7 nitrogen and oxygen atoms in total. The first-order valence-corrected chi connectivity index (χ1v) is 10.9. The summed E-state index contributed by atoms with van der Waals surface area (Å²) in [5.74, 6) is 0.669. The molecule has 0 N–H and O–H groups in total. The van der Waals surface area contributed by atoms with Gasteiger partial charge >= 0.3 is 12.2 Å².